The maximum Gasteiger partial charge on any atom is 0.121 e. The molecule has 0 fully saturated rings. The number of benzene rings is 2. The molecule has 1 atom stereocenters. The van der Waals surface area contributed by atoms with E-state index in [1.54, 1.807) is 7.11 Å². The molecule has 1 unspecified atom stereocenters. The van der Waals surface area contributed by atoms with Crippen LogP contribution in [0.4, 0.5) is 0 Å². The molecule has 98 valence electrons. The standard InChI is InChI=1S/C16H18N2O/c1-11(2)18-16(10-17)14-5-4-13-9-15(19-3)7-6-12(13)8-14/h4-9,11,16,18H,1-3H3. The van der Waals surface area contributed by atoms with Crippen LogP contribution in [0.1, 0.15) is 25.5 Å². The van der Waals surface area contributed by atoms with Crippen LogP contribution in [0.3, 0.4) is 0 Å². The average molecular weight is 254 g/mol. The van der Waals surface area contributed by atoms with Crippen molar-refractivity contribution in [1.29, 1.82) is 5.26 Å². The quantitative estimate of drug-likeness (QED) is 0.909. The Balaban J connectivity index is 2.38. The molecule has 0 radical (unpaired) electrons. The normalized spacial score (nSPS) is 12.4. The second-order valence-corrected chi connectivity index (χ2v) is 4.86. The molecule has 2 aromatic carbocycles. The van der Waals surface area contributed by atoms with Gasteiger partial charge in [0.2, 0.25) is 0 Å². The molecule has 0 heterocycles. The van der Waals surface area contributed by atoms with Crippen molar-refractivity contribution in [3.05, 3.63) is 42.0 Å². The van der Waals surface area contributed by atoms with Gasteiger partial charge in [0.25, 0.3) is 0 Å². The van der Waals surface area contributed by atoms with Gasteiger partial charge in [-0.2, -0.15) is 5.26 Å². The minimum absolute atomic E-state index is 0.272. The Hall–Kier alpha value is -2.05. The first kappa shape index (κ1) is 13.4. The number of fused-ring (bicyclic) bond motifs is 1. The Morgan fingerprint density at radius 1 is 1.11 bits per heavy atom. The van der Waals surface area contributed by atoms with E-state index in [4.69, 9.17) is 4.74 Å². The van der Waals surface area contributed by atoms with Crippen molar-refractivity contribution >= 4 is 10.8 Å². The van der Waals surface area contributed by atoms with Gasteiger partial charge in [-0.3, -0.25) is 5.32 Å². The van der Waals surface area contributed by atoms with Crippen LogP contribution in [0, 0.1) is 11.3 Å². The second-order valence-electron chi connectivity index (χ2n) is 4.86. The van der Waals surface area contributed by atoms with E-state index in [-0.39, 0.29) is 12.1 Å². The van der Waals surface area contributed by atoms with Crippen molar-refractivity contribution in [2.75, 3.05) is 7.11 Å². The maximum absolute atomic E-state index is 9.25. The molecule has 0 saturated carbocycles. The first-order valence-corrected chi connectivity index (χ1v) is 6.37. The Labute approximate surface area is 113 Å². The van der Waals surface area contributed by atoms with E-state index >= 15 is 0 Å². The molecule has 0 bridgehead atoms. The van der Waals surface area contributed by atoms with Gasteiger partial charge in [0, 0.05) is 6.04 Å². The van der Waals surface area contributed by atoms with Crippen LogP contribution in [0.2, 0.25) is 0 Å². The lowest BCUT2D eigenvalue weighted by Gasteiger charge is -2.15. The number of hydrogen-bond acceptors (Lipinski definition) is 3. The van der Waals surface area contributed by atoms with Gasteiger partial charge < -0.3 is 4.74 Å². The highest BCUT2D eigenvalue weighted by atomic mass is 16.5. The lowest BCUT2D eigenvalue weighted by Crippen LogP contribution is -2.27. The van der Waals surface area contributed by atoms with Crippen LogP contribution in [-0.4, -0.2) is 13.2 Å². The second kappa shape index (κ2) is 5.73. The summed E-state index contributed by atoms with van der Waals surface area (Å²) >= 11 is 0. The number of methoxy groups -OCH3 is 1. The zero-order chi connectivity index (χ0) is 13.8. The van der Waals surface area contributed by atoms with Crippen molar-refractivity contribution in [3.8, 4) is 11.8 Å². The molecule has 0 amide bonds. The summed E-state index contributed by atoms with van der Waals surface area (Å²) in [7, 11) is 1.66. The van der Waals surface area contributed by atoms with Crippen molar-refractivity contribution in [2.24, 2.45) is 0 Å². The van der Waals surface area contributed by atoms with E-state index in [9.17, 15) is 5.26 Å². The largest absolute Gasteiger partial charge is 0.497 e. The van der Waals surface area contributed by atoms with Crippen LogP contribution in [0.15, 0.2) is 36.4 Å². The molecule has 3 nitrogen and oxygen atoms in total. The fourth-order valence-electron chi connectivity index (χ4n) is 2.09. The van der Waals surface area contributed by atoms with E-state index < -0.39 is 0 Å². The third kappa shape index (κ3) is 3.04. The molecule has 2 aromatic rings. The lowest BCUT2D eigenvalue weighted by molar-refractivity contribution is 0.415. The molecule has 3 heteroatoms. The number of nitrogens with zero attached hydrogens (tertiary/aromatic N) is 1. The van der Waals surface area contributed by atoms with E-state index in [1.165, 1.54) is 0 Å². The summed E-state index contributed by atoms with van der Waals surface area (Å²) in [6.07, 6.45) is 0. The first-order valence-electron chi connectivity index (χ1n) is 6.37. The van der Waals surface area contributed by atoms with Crippen molar-refractivity contribution in [2.45, 2.75) is 25.9 Å². The summed E-state index contributed by atoms with van der Waals surface area (Å²) in [5, 5.41) is 14.7. The van der Waals surface area contributed by atoms with Gasteiger partial charge in [0.1, 0.15) is 11.8 Å². The van der Waals surface area contributed by atoms with Gasteiger partial charge in [0.05, 0.1) is 13.2 Å². The molecular formula is C16H18N2O. The van der Waals surface area contributed by atoms with Crippen LogP contribution in [0.5, 0.6) is 5.75 Å². The summed E-state index contributed by atoms with van der Waals surface area (Å²) in [4.78, 5) is 0. The van der Waals surface area contributed by atoms with E-state index in [0.717, 1.165) is 22.1 Å². The smallest absolute Gasteiger partial charge is 0.121 e. The number of ether oxygens (including phenoxy) is 1. The van der Waals surface area contributed by atoms with Crippen LogP contribution in [0.25, 0.3) is 10.8 Å². The summed E-state index contributed by atoms with van der Waals surface area (Å²) in [5.41, 5.74) is 0.994. The van der Waals surface area contributed by atoms with E-state index in [2.05, 4.69) is 17.5 Å². The predicted molar refractivity (Wildman–Crippen MR) is 77.1 cm³/mol. The van der Waals surface area contributed by atoms with Gasteiger partial charge in [-0.05, 0) is 48.4 Å². The lowest BCUT2D eigenvalue weighted by atomic mass is 10.0. The Kier molecular flexibility index (Phi) is 4.03. The van der Waals surface area contributed by atoms with E-state index in [0.29, 0.717) is 0 Å². The molecule has 2 rings (SSSR count). The fraction of sp³-hybridized carbons (Fsp3) is 0.312. The summed E-state index contributed by atoms with van der Waals surface area (Å²) in [5.74, 6) is 0.845. The number of rotatable bonds is 4. The molecule has 0 aliphatic rings. The summed E-state index contributed by atoms with van der Waals surface area (Å²) in [6, 6.07) is 14.3. The molecule has 0 spiro atoms. The molecule has 0 aliphatic carbocycles. The van der Waals surface area contributed by atoms with Gasteiger partial charge >= 0.3 is 0 Å². The highest BCUT2D eigenvalue weighted by molar-refractivity contribution is 5.84. The van der Waals surface area contributed by atoms with Gasteiger partial charge in [-0.25, -0.2) is 0 Å². The molecule has 1 N–H and O–H groups in total. The highest BCUT2D eigenvalue weighted by Crippen LogP contribution is 2.24. The molecule has 0 saturated heterocycles. The minimum atomic E-state index is -0.272. The summed E-state index contributed by atoms with van der Waals surface area (Å²) in [6.45, 7) is 4.08. The fourth-order valence-corrected chi connectivity index (χ4v) is 2.09. The zero-order valence-electron chi connectivity index (χ0n) is 11.5. The predicted octanol–water partition coefficient (Wildman–Crippen LogP) is 3.41. The van der Waals surface area contributed by atoms with Crippen molar-refractivity contribution < 1.29 is 4.74 Å². The molecular weight excluding hydrogens is 236 g/mol. The SMILES string of the molecule is COc1ccc2cc(C(C#N)NC(C)C)ccc2c1. The number of nitrogens with one attached hydrogen (secondary N) is 1. The number of hydrogen-bond donors (Lipinski definition) is 1. The molecule has 0 aliphatic heterocycles. The number of nitriles is 1. The third-order valence-electron chi connectivity index (χ3n) is 3.03. The van der Waals surface area contributed by atoms with Gasteiger partial charge in [-0.1, -0.05) is 18.2 Å². The van der Waals surface area contributed by atoms with Crippen molar-refractivity contribution in [1.82, 2.24) is 5.32 Å². The molecule has 0 aromatic heterocycles. The maximum atomic E-state index is 9.25. The zero-order valence-corrected chi connectivity index (χ0v) is 11.5. The monoisotopic (exact) mass is 254 g/mol. The average Bonchev–Trinajstić information content (AvgIpc) is 2.43. The summed E-state index contributed by atoms with van der Waals surface area (Å²) < 4.78 is 5.21. The Morgan fingerprint density at radius 3 is 2.42 bits per heavy atom. The third-order valence-corrected chi connectivity index (χ3v) is 3.03. The van der Waals surface area contributed by atoms with E-state index in [1.807, 2.05) is 44.2 Å². The minimum Gasteiger partial charge on any atom is -0.497 e. The topological polar surface area (TPSA) is 45.0 Å². The van der Waals surface area contributed by atoms with Crippen LogP contribution >= 0.6 is 0 Å². The highest BCUT2D eigenvalue weighted by Gasteiger charge is 2.11. The Bertz CT molecular complexity index is 614. The van der Waals surface area contributed by atoms with Crippen LogP contribution in [-0.2, 0) is 0 Å². The first-order chi connectivity index (χ1) is 9.13. The van der Waals surface area contributed by atoms with Gasteiger partial charge in [0.15, 0.2) is 0 Å². The van der Waals surface area contributed by atoms with Crippen molar-refractivity contribution in [3.63, 3.8) is 0 Å². The van der Waals surface area contributed by atoms with Gasteiger partial charge in [-0.15, -0.1) is 0 Å². The molecule has 19 heavy (non-hydrogen) atoms. The van der Waals surface area contributed by atoms with Crippen LogP contribution < -0.4 is 10.1 Å². The Morgan fingerprint density at radius 2 is 1.79 bits per heavy atom.